The van der Waals surface area contributed by atoms with E-state index in [1.807, 2.05) is 53.4 Å². The van der Waals surface area contributed by atoms with E-state index >= 15 is 0 Å². The van der Waals surface area contributed by atoms with Gasteiger partial charge in [0, 0.05) is 25.8 Å². The van der Waals surface area contributed by atoms with E-state index in [-0.39, 0.29) is 13.2 Å². The molecule has 2 aromatic rings. The monoisotopic (exact) mass is 605 g/mol. The fourth-order valence-electron chi connectivity index (χ4n) is 4.63. The molecule has 1 amide bonds. The predicted molar refractivity (Wildman–Crippen MR) is 168 cm³/mol. The first-order valence-electron chi connectivity index (χ1n) is 15.9. The third kappa shape index (κ3) is 17.6. The molecule has 0 bridgehead atoms. The molecule has 0 aliphatic carbocycles. The highest BCUT2D eigenvalue weighted by Gasteiger charge is 2.18. The maximum Gasteiger partial charge on any atom is 0.407 e. The molecule has 0 spiro atoms. The van der Waals surface area contributed by atoms with Crippen LogP contribution >= 0.6 is 8.60 Å². The number of nitrogens with zero attached hydrogens (tertiary/aromatic N) is 1. The molecule has 0 radical (unpaired) electrons. The number of hydrogen-bond donors (Lipinski definition) is 2. The van der Waals surface area contributed by atoms with Crippen molar-refractivity contribution in [2.75, 3.05) is 26.9 Å². The Labute approximate surface area is 255 Å². The molecular weight excluding hydrogens is 551 g/mol. The van der Waals surface area contributed by atoms with E-state index < -0.39 is 20.8 Å². The zero-order valence-corrected chi connectivity index (χ0v) is 26.8. The van der Waals surface area contributed by atoms with Gasteiger partial charge in [0.05, 0.1) is 12.2 Å². The van der Waals surface area contributed by atoms with Crippen LogP contribution < -0.4 is 14.4 Å². The van der Waals surface area contributed by atoms with Crippen molar-refractivity contribution in [2.45, 2.75) is 109 Å². The summed E-state index contributed by atoms with van der Waals surface area (Å²) in [5.41, 5.74) is 0.918. The summed E-state index contributed by atoms with van der Waals surface area (Å²) in [6.07, 6.45) is 21.2. The van der Waals surface area contributed by atoms with Crippen molar-refractivity contribution in [1.29, 1.82) is 0 Å². The molecule has 9 heteroatoms. The predicted octanol–water partition coefficient (Wildman–Crippen LogP) is 7.86. The van der Waals surface area contributed by atoms with E-state index in [2.05, 4.69) is 12.2 Å². The molecule has 0 saturated heterocycles. The number of aromatic nitrogens is 1. The number of pyridine rings is 1. The Morgan fingerprint density at radius 1 is 0.833 bits per heavy atom. The van der Waals surface area contributed by atoms with Gasteiger partial charge in [0.1, 0.15) is 18.5 Å². The normalized spacial score (nSPS) is 12.5. The second kappa shape index (κ2) is 24.2. The third-order valence-corrected chi connectivity index (χ3v) is 7.91. The van der Waals surface area contributed by atoms with Crippen molar-refractivity contribution >= 4 is 14.7 Å². The summed E-state index contributed by atoms with van der Waals surface area (Å²) in [5, 5.41) is 2.80. The minimum atomic E-state index is -2.18. The fourth-order valence-corrected chi connectivity index (χ4v) is 5.32. The van der Waals surface area contributed by atoms with Gasteiger partial charge in [0.15, 0.2) is 18.9 Å². The van der Waals surface area contributed by atoms with Gasteiger partial charge in [0.25, 0.3) is 0 Å². The molecule has 1 aromatic carbocycles. The number of rotatable bonds is 25. The van der Waals surface area contributed by atoms with Gasteiger partial charge in [-0.1, -0.05) is 109 Å². The quantitative estimate of drug-likeness (QED) is 0.0680. The van der Waals surface area contributed by atoms with Crippen molar-refractivity contribution in [3.63, 3.8) is 0 Å². The number of para-hydroxylation sites is 1. The largest absolute Gasteiger partial charge is 0.447 e. The van der Waals surface area contributed by atoms with Gasteiger partial charge in [-0.2, -0.15) is 0 Å². The molecule has 0 saturated carbocycles. The Hall–Kier alpha value is -2.25. The van der Waals surface area contributed by atoms with E-state index in [4.69, 9.17) is 18.5 Å². The molecule has 8 nitrogen and oxygen atoms in total. The first-order chi connectivity index (χ1) is 20.6. The van der Waals surface area contributed by atoms with E-state index in [0.717, 1.165) is 18.4 Å². The molecule has 42 heavy (non-hydrogen) atoms. The smallest absolute Gasteiger partial charge is 0.407 e. The Morgan fingerprint density at radius 3 is 2.05 bits per heavy atom. The van der Waals surface area contributed by atoms with E-state index in [1.165, 1.54) is 84.2 Å². The number of benzene rings is 1. The van der Waals surface area contributed by atoms with Crippen LogP contribution in [0.1, 0.15) is 102 Å². The van der Waals surface area contributed by atoms with E-state index in [9.17, 15) is 9.69 Å². The van der Waals surface area contributed by atoms with Crippen molar-refractivity contribution in [1.82, 2.24) is 5.32 Å². The summed E-state index contributed by atoms with van der Waals surface area (Å²) in [4.78, 5) is 22.4. The minimum absolute atomic E-state index is 0.0193. The average Bonchev–Trinajstić information content (AvgIpc) is 3.00. The molecule has 0 aliphatic rings. The average molecular weight is 606 g/mol. The first-order valence-corrected chi connectivity index (χ1v) is 17.0. The number of ether oxygens (including phenoxy) is 2. The SMILES string of the molecule is CCCCCCCCCCCCCCCCNC(=O)OCC(COP(O)Oc1ccccc1C[n+]1ccccc1)OC. The number of carbonyl (C=O) groups excluding carboxylic acids is 1. The van der Waals surface area contributed by atoms with Crippen LogP contribution in [-0.2, 0) is 20.5 Å². The molecule has 236 valence electrons. The van der Waals surface area contributed by atoms with Crippen LogP contribution in [0.3, 0.4) is 0 Å². The molecule has 2 atom stereocenters. The van der Waals surface area contributed by atoms with Gasteiger partial charge in [-0.05, 0) is 18.6 Å². The number of carbonyl (C=O) groups is 1. The molecule has 2 unspecified atom stereocenters. The first kappa shape index (κ1) is 35.9. The van der Waals surface area contributed by atoms with Gasteiger partial charge >= 0.3 is 14.7 Å². The number of hydrogen-bond acceptors (Lipinski definition) is 6. The summed E-state index contributed by atoms with van der Waals surface area (Å²) in [6, 6.07) is 13.4. The lowest BCUT2D eigenvalue weighted by Crippen LogP contribution is -2.33. The molecule has 0 aliphatic heterocycles. The van der Waals surface area contributed by atoms with Crippen LogP contribution in [0, 0.1) is 0 Å². The highest BCUT2D eigenvalue weighted by Crippen LogP contribution is 2.36. The van der Waals surface area contributed by atoms with Gasteiger partial charge in [-0.3, -0.25) is 4.52 Å². The lowest BCUT2D eigenvalue weighted by atomic mass is 10.0. The van der Waals surface area contributed by atoms with Crippen molar-refractivity contribution in [2.24, 2.45) is 0 Å². The number of methoxy groups -OCH3 is 1. The van der Waals surface area contributed by atoms with Crippen LogP contribution in [-0.4, -0.2) is 44.0 Å². The topological polar surface area (TPSA) is 90.1 Å². The Balaban J connectivity index is 1.48. The van der Waals surface area contributed by atoms with Gasteiger partial charge < -0.3 is 24.2 Å². The van der Waals surface area contributed by atoms with Crippen LogP contribution in [0.25, 0.3) is 0 Å². The molecule has 1 aromatic heterocycles. The van der Waals surface area contributed by atoms with Crippen molar-refractivity contribution in [3.05, 3.63) is 60.4 Å². The zero-order chi connectivity index (χ0) is 30.1. The van der Waals surface area contributed by atoms with Gasteiger partial charge in [-0.15, -0.1) is 0 Å². The van der Waals surface area contributed by atoms with Crippen LogP contribution in [0.5, 0.6) is 5.75 Å². The second-order valence-electron chi connectivity index (χ2n) is 10.8. The number of amides is 1. The lowest BCUT2D eigenvalue weighted by molar-refractivity contribution is -0.688. The Kier molecular flexibility index (Phi) is 20.7. The third-order valence-electron chi connectivity index (χ3n) is 7.18. The number of unbranched alkanes of at least 4 members (excludes halogenated alkanes) is 13. The molecular formula is C33H54N2O6P+. The van der Waals surface area contributed by atoms with E-state index in [0.29, 0.717) is 18.8 Å². The Bertz CT molecular complexity index is 936. The molecule has 1 heterocycles. The number of nitrogens with one attached hydrogen (secondary N) is 1. The summed E-state index contributed by atoms with van der Waals surface area (Å²) in [6.45, 7) is 3.51. The van der Waals surface area contributed by atoms with Crippen LogP contribution in [0.4, 0.5) is 4.79 Å². The highest BCUT2D eigenvalue weighted by atomic mass is 31.2. The zero-order valence-electron chi connectivity index (χ0n) is 25.9. The fraction of sp³-hybridized carbons (Fsp3) is 0.636. The van der Waals surface area contributed by atoms with E-state index in [1.54, 1.807) is 6.07 Å². The summed E-state index contributed by atoms with van der Waals surface area (Å²) >= 11 is 0. The lowest BCUT2D eigenvalue weighted by Gasteiger charge is -2.18. The second-order valence-corrected chi connectivity index (χ2v) is 11.7. The maximum atomic E-state index is 12.1. The molecule has 2 rings (SSSR count). The van der Waals surface area contributed by atoms with Gasteiger partial charge in [-0.25, -0.2) is 9.36 Å². The summed E-state index contributed by atoms with van der Waals surface area (Å²) in [7, 11) is -0.672. The van der Waals surface area contributed by atoms with Gasteiger partial charge in [0.2, 0.25) is 0 Å². The highest BCUT2D eigenvalue weighted by molar-refractivity contribution is 7.41. The van der Waals surface area contributed by atoms with Crippen molar-refractivity contribution < 1.29 is 32.8 Å². The Morgan fingerprint density at radius 2 is 1.43 bits per heavy atom. The number of alkyl carbamates (subject to hydrolysis) is 1. The summed E-state index contributed by atoms with van der Waals surface area (Å²) in [5.74, 6) is 0.551. The molecule has 0 fully saturated rings. The summed E-state index contributed by atoms with van der Waals surface area (Å²) < 4.78 is 23.8. The van der Waals surface area contributed by atoms with Crippen LogP contribution in [0.15, 0.2) is 54.9 Å². The van der Waals surface area contributed by atoms with Crippen molar-refractivity contribution in [3.8, 4) is 5.75 Å². The maximum absolute atomic E-state index is 12.1. The van der Waals surface area contributed by atoms with Crippen LogP contribution in [0.2, 0.25) is 0 Å². The molecule has 2 N–H and O–H groups in total. The standard InChI is InChI=1S/C33H53N2O6P/c1-3-4-5-6-7-8-9-10-11-12-13-14-15-19-24-34-33(36)39-28-31(38-2)29-40-42(37)41-32-23-18-17-22-30(32)27-35-25-20-16-21-26-35/h16-18,20-23,25-26,31,37H,3-15,19,24,27-29H2,1-2H3/p+1. The minimum Gasteiger partial charge on any atom is -0.447 e.